The van der Waals surface area contributed by atoms with Crippen molar-refractivity contribution in [2.75, 3.05) is 39.6 Å². The number of aliphatic hydroxyl groups is 1. The number of aliphatic hydroxyl groups excluding tert-OH is 1. The molecule has 0 spiro atoms. The zero-order valence-corrected chi connectivity index (χ0v) is 64.5. The largest absolute Gasteiger partial charge is 0.472 e. The molecule has 0 aliphatic heterocycles. The molecule has 0 saturated heterocycles. The summed E-state index contributed by atoms with van der Waals surface area (Å²) >= 11 is 0. The third-order valence-electron chi connectivity index (χ3n) is 17.3. The molecule has 17 nitrogen and oxygen atoms in total. The smallest absolute Gasteiger partial charge is 0.462 e. The molecular formula is C79H146O17P2. The number of carbonyl (C=O) groups is 4. The average Bonchev–Trinajstić information content (AvgIpc) is 0.992. The Hall–Kier alpha value is -2.98. The van der Waals surface area contributed by atoms with Crippen LogP contribution < -0.4 is 0 Å². The second-order valence-corrected chi connectivity index (χ2v) is 29.9. The summed E-state index contributed by atoms with van der Waals surface area (Å²) in [4.78, 5) is 72.9. The summed E-state index contributed by atoms with van der Waals surface area (Å²) in [5, 5.41) is 10.6. The number of esters is 4. The standard InChI is InChI=1S/C79H146O17P2/c1-5-9-13-17-21-25-29-32-34-35-36-37-39-41-45-48-52-56-60-64-77(82)90-70-75(96-79(84)66-62-58-54-50-46-42-38-33-30-26-22-18-14-10-6-2)72-94-98(87,88)92-68-73(80)67-91-97(85,86)93-71-74(95-78(83)65-61-57-53-49-43-28-24-20-16-12-8-4)69-89-76(81)63-59-55-51-47-44-40-31-27-23-19-15-11-7-3/h9,13,21,25,32,34,36-37,73-75,80H,5-8,10-12,14-20,22-24,26-31,33,35,38-72H2,1-4H3,(H,85,86)(H,87,88)/b13-9-,25-21-,34-32-,37-36-. The molecule has 5 unspecified atom stereocenters. The number of allylic oxidation sites excluding steroid dienone is 8. The van der Waals surface area contributed by atoms with Crippen LogP contribution in [0.3, 0.4) is 0 Å². The molecule has 0 fully saturated rings. The normalized spacial score (nSPS) is 14.2. The van der Waals surface area contributed by atoms with Gasteiger partial charge in [-0.1, -0.05) is 333 Å². The van der Waals surface area contributed by atoms with Gasteiger partial charge in [-0.05, 0) is 64.2 Å². The maximum atomic E-state index is 13.1. The van der Waals surface area contributed by atoms with E-state index < -0.39 is 97.5 Å². The summed E-state index contributed by atoms with van der Waals surface area (Å²) < 4.78 is 68.6. The van der Waals surface area contributed by atoms with Crippen LogP contribution in [-0.4, -0.2) is 96.7 Å². The number of ether oxygens (including phenoxy) is 4. The highest BCUT2D eigenvalue weighted by molar-refractivity contribution is 7.47. The number of unbranched alkanes of at least 4 members (excludes halogenated alkanes) is 42. The van der Waals surface area contributed by atoms with Crippen LogP contribution in [0.5, 0.6) is 0 Å². The molecule has 0 aromatic carbocycles. The number of hydrogen-bond acceptors (Lipinski definition) is 15. The van der Waals surface area contributed by atoms with Crippen molar-refractivity contribution in [2.45, 2.75) is 393 Å². The lowest BCUT2D eigenvalue weighted by molar-refractivity contribution is -0.161. The third-order valence-corrected chi connectivity index (χ3v) is 19.2. The summed E-state index contributed by atoms with van der Waals surface area (Å²) in [5.41, 5.74) is 0. The van der Waals surface area contributed by atoms with Crippen LogP contribution in [-0.2, 0) is 65.4 Å². The van der Waals surface area contributed by atoms with E-state index in [-0.39, 0.29) is 25.7 Å². The van der Waals surface area contributed by atoms with Gasteiger partial charge in [0.2, 0.25) is 0 Å². The first kappa shape index (κ1) is 95.0. The van der Waals surface area contributed by atoms with Gasteiger partial charge in [0, 0.05) is 25.7 Å². The highest BCUT2D eigenvalue weighted by Gasteiger charge is 2.30. The molecule has 0 aromatic rings. The Morgan fingerprint density at radius 2 is 0.531 bits per heavy atom. The van der Waals surface area contributed by atoms with Crippen LogP contribution >= 0.6 is 15.6 Å². The van der Waals surface area contributed by atoms with Gasteiger partial charge in [-0.3, -0.25) is 37.3 Å². The zero-order chi connectivity index (χ0) is 71.8. The predicted molar refractivity (Wildman–Crippen MR) is 400 cm³/mol. The van der Waals surface area contributed by atoms with Crippen molar-refractivity contribution in [3.63, 3.8) is 0 Å². The molecule has 0 heterocycles. The van der Waals surface area contributed by atoms with Crippen LogP contribution in [0.2, 0.25) is 0 Å². The molecule has 0 aliphatic carbocycles. The van der Waals surface area contributed by atoms with Gasteiger partial charge in [-0.15, -0.1) is 0 Å². The molecule has 98 heavy (non-hydrogen) atoms. The lowest BCUT2D eigenvalue weighted by Crippen LogP contribution is -2.30. The number of phosphoric ester groups is 2. The van der Waals surface area contributed by atoms with E-state index in [1.165, 1.54) is 161 Å². The minimum Gasteiger partial charge on any atom is -0.462 e. The van der Waals surface area contributed by atoms with Gasteiger partial charge in [0.1, 0.15) is 19.3 Å². The van der Waals surface area contributed by atoms with E-state index in [9.17, 15) is 43.2 Å². The van der Waals surface area contributed by atoms with Gasteiger partial charge in [-0.25, -0.2) is 9.13 Å². The molecule has 0 amide bonds. The quantitative estimate of drug-likeness (QED) is 0.0169. The van der Waals surface area contributed by atoms with Crippen LogP contribution in [0.4, 0.5) is 0 Å². The molecule has 574 valence electrons. The van der Waals surface area contributed by atoms with Crippen LogP contribution in [0.1, 0.15) is 374 Å². The van der Waals surface area contributed by atoms with Gasteiger partial charge in [0.05, 0.1) is 26.4 Å². The Labute approximate surface area is 597 Å². The molecule has 0 aliphatic rings. The Morgan fingerprint density at radius 1 is 0.296 bits per heavy atom. The molecule has 3 N–H and O–H groups in total. The Morgan fingerprint density at radius 3 is 0.816 bits per heavy atom. The summed E-state index contributed by atoms with van der Waals surface area (Å²) in [5.74, 6) is -2.14. The summed E-state index contributed by atoms with van der Waals surface area (Å²) in [7, 11) is -9.93. The Kier molecular flexibility index (Phi) is 70.2. The van der Waals surface area contributed by atoms with Crippen molar-refractivity contribution in [3.05, 3.63) is 48.6 Å². The van der Waals surface area contributed by atoms with Crippen LogP contribution in [0.15, 0.2) is 48.6 Å². The van der Waals surface area contributed by atoms with Crippen LogP contribution in [0, 0.1) is 0 Å². The lowest BCUT2D eigenvalue weighted by atomic mass is 10.0. The molecule has 0 aromatic heterocycles. The fraction of sp³-hybridized carbons (Fsp3) is 0.848. The minimum atomic E-state index is -4.97. The van der Waals surface area contributed by atoms with Crippen molar-refractivity contribution < 1.29 is 80.2 Å². The van der Waals surface area contributed by atoms with Crippen LogP contribution in [0.25, 0.3) is 0 Å². The fourth-order valence-electron chi connectivity index (χ4n) is 11.3. The van der Waals surface area contributed by atoms with E-state index in [1.807, 2.05) is 0 Å². The third kappa shape index (κ3) is 71.4. The van der Waals surface area contributed by atoms with Gasteiger partial charge < -0.3 is 33.8 Å². The highest BCUT2D eigenvalue weighted by Crippen LogP contribution is 2.45. The second kappa shape index (κ2) is 72.4. The highest BCUT2D eigenvalue weighted by atomic mass is 31.2. The van der Waals surface area contributed by atoms with Gasteiger partial charge in [0.15, 0.2) is 12.2 Å². The van der Waals surface area contributed by atoms with Crippen molar-refractivity contribution in [1.82, 2.24) is 0 Å². The van der Waals surface area contributed by atoms with Crippen molar-refractivity contribution >= 4 is 39.5 Å². The Bertz CT molecular complexity index is 2050. The minimum absolute atomic E-state index is 0.0996. The molecule has 0 rings (SSSR count). The summed E-state index contributed by atoms with van der Waals surface area (Å²) in [6, 6.07) is 0. The molecular weight excluding hydrogens is 1280 g/mol. The maximum Gasteiger partial charge on any atom is 0.472 e. The number of hydrogen-bond donors (Lipinski definition) is 3. The average molecular weight is 1430 g/mol. The van der Waals surface area contributed by atoms with Crippen molar-refractivity contribution in [2.24, 2.45) is 0 Å². The zero-order valence-electron chi connectivity index (χ0n) is 62.7. The number of rotatable bonds is 76. The molecule has 19 heteroatoms. The van der Waals surface area contributed by atoms with Gasteiger partial charge >= 0.3 is 39.5 Å². The fourth-order valence-corrected chi connectivity index (χ4v) is 12.9. The summed E-state index contributed by atoms with van der Waals surface area (Å²) in [6.07, 6.45) is 69.5. The monoisotopic (exact) mass is 1430 g/mol. The Balaban J connectivity index is 5.28. The summed E-state index contributed by atoms with van der Waals surface area (Å²) in [6.45, 7) is 4.83. The first-order valence-electron chi connectivity index (χ1n) is 39.9. The van der Waals surface area contributed by atoms with E-state index >= 15 is 0 Å². The van der Waals surface area contributed by atoms with Gasteiger partial charge in [0.25, 0.3) is 0 Å². The molecule has 0 bridgehead atoms. The molecule has 0 saturated carbocycles. The van der Waals surface area contributed by atoms with E-state index in [1.54, 1.807) is 0 Å². The number of carbonyl (C=O) groups excluding carboxylic acids is 4. The number of phosphoric acid groups is 2. The van der Waals surface area contributed by atoms with E-state index in [0.29, 0.717) is 25.7 Å². The predicted octanol–water partition coefficient (Wildman–Crippen LogP) is 22.9. The topological polar surface area (TPSA) is 237 Å². The van der Waals surface area contributed by atoms with E-state index in [4.69, 9.17) is 37.0 Å². The first-order chi connectivity index (χ1) is 47.7. The first-order valence-corrected chi connectivity index (χ1v) is 42.9. The molecule has 5 atom stereocenters. The van der Waals surface area contributed by atoms with E-state index in [0.717, 1.165) is 135 Å². The van der Waals surface area contributed by atoms with E-state index in [2.05, 4.69) is 76.3 Å². The van der Waals surface area contributed by atoms with Gasteiger partial charge in [-0.2, -0.15) is 0 Å². The SMILES string of the molecule is CC/C=C\C/C=C\C/C=C\C/C=C\CCCCCCCCC(=O)OCC(COP(=O)(O)OCC(O)COP(=O)(O)OCC(COC(=O)CCCCCCCCCCCCCCC)OC(=O)CCCCCCCCCCCCC)OC(=O)CCCCCCCCCCCCCCCCC. The second-order valence-electron chi connectivity index (χ2n) is 27.0. The maximum absolute atomic E-state index is 13.1. The molecule has 0 radical (unpaired) electrons. The van der Waals surface area contributed by atoms with Crippen molar-refractivity contribution in [3.8, 4) is 0 Å². The lowest BCUT2D eigenvalue weighted by Gasteiger charge is -2.21. The van der Waals surface area contributed by atoms with Crippen molar-refractivity contribution in [1.29, 1.82) is 0 Å².